The molecule has 0 atom stereocenters. The number of aromatic nitrogens is 3. The van der Waals surface area contributed by atoms with Crippen LogP contribution in [0.2, 0.25) is 0 Å². The molecule has 0 aromatic carbocycles. The van der Waals surface area contributed by atoms with E-state index < -0.39 is 9.84 Å². The van der Waals surface area contributed by atoms with Crippen molar-refractivity contribution in [3.05, 3.63) is 40.4 Å². The lowest BCUT2D eigenvalue weighted by molar-refractivity contribution is 0.222. The Morgan fingerprint density at radius 1 is 1.25 bits per heavy atom. The van der Waals surface area contributed by atoms with Gasteiger partial charge in [-0.25, -0.2) is 8.42 Å². The molecule has 2 aromatic heterocycles. The molecule has 0 N–H and O–H groups in total. The van der Waals surface area contributed by atoms with E-state index in [0.29, 0.717) is 17.0 Å². The van der Waals surface area contributed by atoms with E-state index in [1.807, 2.05) is 13.8 Å². The van der Waals surface area contributed by atoms with Crippen LogP contribution in [-0.2, 0) is 22.6 Å². The zero-order valence-electron chi connectivity index (χ0n) is 14.2. The van der Waals surface area contributed by atoms with E-state index in [4.69, 9.17) is 4.74 Å². The van der Waals surface area contributed by atoms with E-state index in [-0.39, 0.29) is 29.2 Å². The molecule has 0 spiro atoms. The van der Waals surface area contributed by atoms with Gasteiger partial charge in [-0.2, -0.15) is 9.97 Å². The van der Waals surface area contributed by atoms with Crippen molar-refractivity contribution < 1.29 is 13.2 Å². The van der Waals surface area contributed by atoms with Crippen molar-refractivity contribution in [1.29, 1.82) is 0 Å². The first-order valence-electron chi connectivity index (χ1n) is 7.62. The Bertz CT molecular complexity index is 888. The van der Waals surface area contributed by atoms with Crippen molar-refractivity contribution in [3.8, 4) is 17.3 Å². The molecule has 24 heavy (non-hydrogen) atoms. The fourth-order valence-electron chi connectivity index (χ4n) is 2.03. The maximum absolute atomic E-state index is 11.9. The van der Waals surface area contributed by atoms with Gasteiger partial charge in [0, 0.05) is 30.6 Å². The first-order valence-corrected chi connectivity index (χ1v) is 9.44. The first kappa shape index (κ1) is 18.1. The minimum Gasteiger partial charge on any atom is -0.461 e. The van der Waals surface area contributed by atoms with Crippen LogP contribution in [-0.4, -0.2) is 34.8 Å². The molecule has 0 unspecified atom stereocenters. The number of ether oxygens (including phenoxy) is 1. The van der Waals surface area contributed by atoms with Gasteiger partial charge in [0.1, 0.15) is 0 Å². The number of hydrogen-bond acceptors (Lipinski definition) is 6. The largest absolute Gasteiger partial charge is 0.461 e. The molecule has 2 aromatic rings. The highest BCUT2D eigenvalue weighted by molar-refractivity contribution is 7.90. The summed E-state index contributed by atoms with van der Waals surface area (Å²) in [5.74, 6) is -0.147. The summed E-state index contributed by atoms with van der Waals surface area (Å²) in [5, 5.41) is 0. The van der Waals surface area contributed by atoms with Crippen molar-refractivity contribution in [2.75, 3.05) is 5.75 Å². The summed E-state index contributed by atoms with van der Waals surface area (Å²) in [4.78, 5) is 20.1. The SMILES string of the molecule is CCS(=O)(=O)Cc1cc(-c2ccc(=O)n(C)c2)nc(OC(C)C)n1. The molecule has 130 valence electrons. The predicted molar refractivity (Wildman–Crippen MR) is 91.6 cm³/mol. The fourth-order valence-corrected chi connectivity index (χ4v) is 2.83. The van der Waals surface area contributed by atoms with Gasteiger partial charge in [0.2, 0.25) is 5.56 Å². The molecule has 0 saturated heterocycles. The smallest absolute Gasteiger partial charge is 0.317 e. The number of sulfone groups is 1. The van der Waals surface area contributed by atoms with E-state index in [9.17, 15) is 13.2 Å². The van der Waals surface area contributed by atoms with Crippen LogP contribution in [0.4, 0.5) is 0 Å². The lowest BCUT2D eigenvalue weighted by Gasteiger charge is -2.12. The van der Waals surface area contributed by atoms with Crippen LogP contribution in [0.3, 0.4) is 0 Å². The second-order valence-corrected chi connectivity index (χ2v) is 8.09. The number of pyridine rings is 1. The van der Waals surface area contributed by atoms with Crippen LogP contribution in [0.5, 0.6) is 6.01 Å². The van der Waals surface area contributed by atoms with E-state index in [1.54, 1.807) is 32.3 Å². The Kier molecular flexibility index (Phi) is 5.38. The highest BCUT2D eigenvalue weighted by atomic mass is 32.2. The zero-order valence-corrected chi connectivity index (χ0v) is 15.0. The summed E-state index contributed by atoms with van der Waals surface area (Å²) in [6, 6.07) is 4.81. The molecular weight excluding hydrogens is 330 g/mol. The highest BCUT2D eigenvalue weighted by Gasteiger charge is 2.15. The summed E-state index contributed by atoms with van der Waals surface area (Å²) in [5.41, 5.74) is 1.42. The summed E-state index contributed by atoms with van der Waals surface area (Å²) >= 11 is 0. The average molecular weight is 351 g/mol. The van der Waals surface area contributed by atoms with E-state index in [1.165, 1.54) is 10.6 Å². The molecule has 8 heteroatoms. The zero-order chi connectivity index (χ0) is 17.9. The van der Waals surface area contributed by atoms with Crippen LogP contribution in [0.1, 0.15) is 26.5 Å². The lowest BCUT2D eigenvalue weighted by atomic mass is 10.2. The Morgan fingerprint density at radius 2 is 1.96 bits per heavy atom. The quantitative estimate of drug-likeness (QED) is 0.784. The average Bonchev–Trinajstić information content (AvgIpc) is 2.48. The van der Waals surface area contributed by atoms with Crippen LogP contribution < -0.4 is 10.3 Å². The van der Waals surface area contributed by atoms with Gasteiger partial charge in [0.15, 0.2) is 9.84 Å². The molecule has 2 rings (SSSR count). The van der Waals surface area contributed by atoms with Gasteiger partial charge in [-0.05, 0) is 26.0 Å². The third-order valence-electron chi connectivity index (χ3n) is 3.29. The summed E-state index contributed by atoms with van der Waals surface area (Å²) < 4.78 is 30.8. The van der Waals surface area contributed by atoms with E-state index >= 15 is 0 Å². The predicted octanol–water partition coefficient (Wildman–Crippen LogP) is 1.56. The van der Waals surface area contributed by atoms with E-state index in [2.05, 4.69) is 9.97 Å². The Labute approximate surface area is 141 Å². The molecule has 0 amide bonds. The van der Waals surface area contributed by atoms with Gasteiger partial charge in [0.25, 0.3) is 0 Å². The maximum atomic E-state index is 11.9. The Hall–Kier alpha value is -2.22. The van der Waals surface area contributed by atoms with E-state index in [0.717, 1.165) is 0 Å². The molecular formula is C16H21N3O4S. The molecule has 0 radical (unpaired) electrons. The second-order valence-electron chi connectivity index (χ2n) is 5.74. The van der Waals surface area contributed by atoms with Gasteiger partial charge in [0.05, 0.1) is 23.2 Å². The van der Waals surface area contributed by atoms with Gasteiger partial charge in [-0.1, -0.05) is 6.92 Å². The summed E-state index contributed by atoms with van der Waals surface area (Å²) in [6.45, 7) is 5.27. The van der Waals surface area contributed by atoms with Crippen molar-refractivity contribution >= 4 is 9.84 Å². The molecule has 2 heterocycles. The van der Waals surface area contributed by atoms with Gasteiger partial charge < -0.3 is 9.30 Å². The molecule has 0 bridgehead atoms. The van der Waals surface area contributed by atoms with Crippen molar-refractivity contribution in [2.24, 2.45) is 7.05 Å². The Morgan fingerprint density at radius 3 is 2.54 bits per heavy atom. The number of aryl methyl sites for hydroxylation is 1. The molecule has 0 aliphatic heterocycles. The fraction of sp³-hybridized carbons (Fsp3) is 0.438. The van der Waals surface area contributed by atoms with Crippen LogP contribution >= 0.6 is 0 Å². The number of hydrogen-bond donors (Lipinski definition) is 0. The lowest BCUT2D eigenvalue weighted by Crippen LogP contribution is -2.15. The van der Waals surface area contributed by atoms with Crippen molar-refractivity contribution in [3.63, 3.8) is 0 Å². The normalized spacial score (nSPS) is 11.7. The summed E-state index contributed by atoms with van der Waals surface area (Å²) in [7, 11) is -1.59. The number of rotatable bonds is 6. The maximum Gasteiger partial charge on any atom is 0.317 e. The van der Waals surface area contributed by atoms with Gasteiger partial charge in [-0.15, -0.1) is 0 Å². The van der Waals surface area contributed by atoms with Crippen molar-refractivity contribution in [1.82, 2.24) is 14.5 Å². The first-order chi connectivity index (χ1) is 11.2. The van der Waals surface area contributed by atoms with Crippen molar-refractivity contribution in [2.45, 2.75) is 32.6 Å². The second kappa shape index (κ2) is 7.12. The minimum absolute atomic E-state index is 0.0343. The topological polar surface area (TPSA) is 91.2 Å². The van der Waals surface area contributed by atoms with Crippen LogP contribution in [0.25, 0.3) is 11.3 Å². The number of nitrogens with zero attached hydrogens (tertiary/aromatic N) is 3. The van der Waals surface area contributed by atoms with Crippen LogP contribution in [0.15, 0.2) is 29.2 Å². The Balaban J connectivity index is 2.53. The molecule has 0 saturated carbocycles. The molecule has 0 aliphatic rings. The molecule has 0 fully saturated rings. The molecule has 7 nitrogen and oxygen atoms in total. The van der Waals surface area contributed by atoms with Crippen LogP contribution in [0, 0.1) is 0 Å². The monoisotopic (exact) mass is 351 g/mol. The van der Waals surface area contributed by atoms with Gasteiger partial charge >= 0.3 is 6.01 Å². The standard InChI is InChI=1S/C16H21N3O4S/c1-5-24(21,22)10-13-8-14(18-16(17-13)23-11(2)3)12-6-7-15(20)19(4)9-12/h6-9,11H,5,10H2,1-4H3. The third-order valence-corrected chi connectivity index (χ3v) is 4.90. The minimum atomic E-state index is -3.23. The molecule has 0 aliphatic carbocycles. The summed E-state index contributed by atoms with van der Waals surface area (Å²) in [6.07, 6.45) is 1.50. The third kappa shape index (κ3) is 4.64. The van der Waals surface area contributed by atoms with Gasteiger partial charge in [-0.3, -0.25) is 4.79 Å². The highest BCUT2D eigenvalue weighted by Crippen LogP contribution is 2.21.